The van der Waals surface area contributed by atoms with Crippen molar-refractivity contribution in [3.8, 4) is 0 Å². The van der Waals surface area contributed by atoms with Crippen molar-refractivity contribution in [1.82, 2.24) is 0 Å². The second-order valence-corrected chi connectivity index (χ2v) is 7.51. The standard InChI is InChI=1S/C21H18O3/c1-19-15(16(22)20(2)18(24-20)17(19)23)21(19,13-9-5-3-6-10-13)14-11-7-4-8-12-14/h3-12,15,18H,1-2H3/t15?,18?,19-,20-/m0/s1. The lowest BCUT2D eigenvalue weighted by Crippen LogP contribution is -2.39. The summed E-state index contributed by atoms with van der Waals surface area (Å²) >= 11 is 0. The monoisotopic (exact) mass is 318 g/mol. The molecule has 24 heavy (non-hydrogen) atoms. The van der Waals surface area contributed by atoms with Gasteiger partial charge >= 0.3 is 0 Å². The fraction of sp³-hybridized carbons (Fsp3) is 0.333. The van der Waals surface area contributed by atoms with Crippen LogP contribution in [0.15, 0.2) is 60.7 Å². The normalized spacial score (nSPS) is 38.2. The van der Waals surface area contributed by atoms with E-state index in [0.717, 1.165) is 11.1 Å². The average Bonchev–Trinajstić information content (AvgIpc) is 3.47. The van der Waals surface area contributed by atoms with Gasteiger partial charge in [0.2, 0.25) is 0 Å². The van der Waals surface area contributed by atoms with Gasteiger partial charge in [-0.2, -0.15) is 0 Å². The Bertz CT molecular complexity index is 831. The van der Waals surface area contributed by atoms with Crippen molar-refractivity contribution in [3.05, 3.63) is 71.8 Å². The van der Waals surface area contributed by atoms with Gasteiger partial charge in [0.1, 0.15) is 0 Å². The molecule has 1 aliphatic heterocycles. The van der Waals surface area contributed by atoms with E-state index in [9.17, 15) is 9.59 Å². The van der Waals surface area contributed by atoms with Gasteiger partial charge in [0.25, 0.3) is 0 Å². The van der Waals surface area contributed by atoms with Crippen molar-refractivity contribution in [2.24, 2.45) is 11.3 Å². The fourth-order valence-corrected chi connectivity index (χ4v) is 5.18. The summed E-state index contributed by atoms with van der Waals surface area (Å²) in [6.45, 7) is 3.70. The highest BCUT2D eigenvalue weighted by molar-refractivity contribution is 6.17. The fourth-order valence-electron chi connectivity index (χ4n) is 5.18. The van der Waals surface area contributed by atoms with Gasteiger partial charge in [-0.25, -0.2) is 0 Å². The predicted octanol–water partition coefficient (Wildman–Crippen LogP) is 2.92. The number of carbonyl (C=O) groups is 2. The van der Waals surface area contributed by atoms with Crippen LogP contribution in [0.25, 0.3) is 0 Å². The Labute approximate surface area is 140 Å². The zero-order valence-electron chi connectivity index (χ0n) is 13.7. The van der Waals surface area contributed by atoms with Crippen LogP contribution in [0.5, 0.6) is 0 Å². The minimum absolute atomic E-state index is 0.0716. The molecule has 3 heteroatoms. The lowest BCUT2D eigenvalue weighted by molar-refractivity contribution is -0.132. The summed E-state index contributed by atoms with van der Waals surface area (Å²) in [6, 6.07) is 20.0. The number of fused-ring (bicyclic) bond motifs is 2. The zero-order chi connectivity index (χ0) is 16.7. The van der Waals surface area contributed by atoms with Gasteiger partial charge < -0.3 is 4.74 Å². The third-order valence-electron chi connectivity index (χ3n) is 6.51. The summed E-state index contributed by atoms with van der Waals surface area (Å²) in [5, 5.41) is 0. The summed E-state index contributed by atoms with van der Waals surface area (Å²) in [6.07, 6.45) is -0.569. The van der Waals surface area contributed by atoms with E-state index in [-0.39, 0.29) is 17.5 Å². The Kier molecular flexibility index (Phi) is 2.37. The first kappa shape index (κ1) is 14.1. The molecule has 4 atom stereocenters. The maximum Gasteiger partial charge on any atom is 0.172 e. The topological polar surface area (TPSA) is 46.7 Å². The van der Waals surface area contributed by atoms with Gasteiger partial charge in [-0.15, -0.1) is 0 Å². The van der Waals surface area contributed by atoms with Crippen LogP contribution in [0.1, 0.15) is 25.0 Å². The Balaban J connectivity index is 1.79. The molecule has 120 valence electrons. The molecule has 1 saturated heterocycles. The van der Waals surface area contributed by atoms with E-state index in [0.29, 0.717) is 0 Å². The Hall–Kier alpha value is -2.26. The van der Waals surface area contributed by atoms with Gasteiger partial charge in [0.15, 0.2) is 23.3 Å². The maximum atomic E-state index is 13.2. The van der Waals surface area contributed by atoms with Crippen LogP contribution >= 0.6 is 0 Å². The third-order valence-corrected chi connectivity index (χ3v) is 6.51. The number of Topliss-reactive ketones (excluding diaryl/α,β-unsaturated/α-hetero) is 2. The van der Waals surface area contributed by atoms with Crippen LogP contribution in [0, 0.1) is 11.3 Å². The van der Waals surface area contributed by atoms with Gasteiger partial charge in [-0.05, 0) is 18.1 Å². The number of benzene rings is 2. The molecule has 0 aromatic heterocycles. The quantitative estimate of drug-likeness (QED) is 0.800. The van der Waals surface area contributed by atoms with Gasteiger partial charge in [0.05, 0.1) is 5.41 Å². The molecule has 2 aromatic carbocycles. The SMILES string of the molecule is C[C@@]12OC1C(=O)[C@]1(C)C(C2=O)C1(c1ccccc1)c1ccccc1. The van der Waals surface area contributed by atoms with Crippen LogP contribution in [-0.2, 0) is 19.7 Å². The Morgan fingerprint density at radius 1 is 0.792 bits per heavy atom. The number of hydrogen-bond acceptors (Lipinski definition) is 3. The van der Waals surface area contributed by atoms with Crippen molar-refractivity contribution in [2.75, 3.05) is 0 Å². The molecule has 3 aliphatic rings. The number of ketones is 2. The van der Waals surface area contributed by atoms with Crippen molar-refractivity contribution >= 4 is 11.6 Å². The summed E-state index contributed by atoms with van der Waals surface area (Å²) < 4.78 is 5.52. The second kappa shape index (κ2) is 4.04. The Morgan fingerprint density at radius 2 is 1.29 bits per heavy atom. The summed E-state index contributed by atoms with van der Waals surface area (Å²) in [5.74, 6) is -0.212. The molecule has 2 aliphatic carbocycles. The van der Waals surface area contributed by atoms with Crippen LogP contribution in [0.3, 0.4) is 0 Å². The van der Waals surface area contributed by atoms with E-state index in [1.165, 1.54) is 0 Å². The van der Waals surface area contributed by atoms with Crippen molar-refractivity contribution in [3.63, 3.8) is 0 Å². The maximum absolute atomic E-state index is 13.2. The van der Waals surface area contributed by atoms with Crippen molar-refractivity contribution < 1.29 is 14.3 Å². The van der Waals surface area contributed by atoms with E-state index in [1.807, 2.05) is 67.6 Å². The van der Waals surface area contributed by atoms with Crippen molar-refractivity contribution in [2.45, 2.75) is 31.0 Å². The second-order valence-electron chi connectivity index (χ2n) is 7.51. The number of hydrogen-bond donors (Lipinski definition) is 0. The third kappa shape index (κ3) is 1.27. The molecule has 0 N–H and O–H groups in total. The van der Waals surface area contributed by atoms with Gasteiger partial charge in [-0.3, -0.25) is 9.59 Å². The summed E-state index contributed by atoms with van der Waals surface area (Å²) in [4.78, 5) is 26.3. The first-order valence-electron chi connectivity index (χ1n) is 8.36. The summed E-state index contributed by atoms with van der Waals surface area (Å²) in [7, 11) is 0. The summed E-state index contributed by atoms with van der Waals surface area (Å²) in [5.41, 5.74) is -0.144. The molecule has 5 rings (SSSR count). The lowest BCUT2D eigenvalue weighted by Gasteiger charge is -2.23. The minimum Gasteiger partial charge on any atom is -0.350 e. The lowest BCUT2D eigenvalue weighted by atomic mass is 9.78. The Morgan fingerprint density at radius 3 is 1.79 bits per heavy atom. The largest absolute Gasteiger partial charge is 0.350 e. The van der Waals surface area contributed by atoms with E-state index in [1.54, 1.807) is 6.92 Å². The number of carbonyl (C=O) groups excluding carboxylic acids is 2. The molecular weight excluding hydrogens is 300 g/mol. The van der Waals surface area contributed by atoms with Crippen LogP contribution in [0.4, 0.5) is 0 Å². The van der Waals surface area contributed by atoms with Crippen molar-refractivity contribution in [1.29, 1.82) is 0 Å². The predicted molar refractivity (Wildman–Crippen MR) is 88.6 cm³/mol. The average molecular weight is 318 g/mol. The minimum atomic E-state index is -0.910. The zero-order valence-corrected chi connectivity index (χ0v) is 13.7. The smallest absolute Gasteiger partial charge is 0.172 e. The first-order chi connectivity index (χ1) is 11.5. The van der Waals surface area contributed by atoms with E-state index >= 15 is 0 Å². The molecule has 0 bridgehead atoms. The highest BCUT2D eigenvalue weighted by Gasteiger charge is 2.90. The molecule has 1 heterocycles. The molecule has 0 radical (unpaired) electrons. The molecule has 3 nitrogen and oxygen atoms in total. The molecular formula is C21H18O3. The van der Waals surface area contributed by atoms with Gasteiger partial charge in [-0.1, -0.05) is 67.6 Å². The molecule has 2 saturated carbocycles. The highest BCUT2D eigenvalue weighted by Crippen LogP contribution is 2.78. The molecule has 2 unspecified atom stereocenters. The molecule has 0 spiro atoms. The first-order valence-corrected chi connectivity index (χ1v) is 8.36. The van der Waals surface area contributed by atoms with Crippen LogP contribution in [0.2, 0.25) is 0 Å². The number of epoxide rings is 1. The van der Waals surface area contributed by atoms with Crippen LogP contribution in [-0.4, -0.2) is 23.3 Å². The van der Waals surface area contributed by atoms with Gasteiger partial charge in [0, 0.05) is 11.3 Å². The molecule has 3 fully saturated rings. The van der Waals surface area contributed by atoms with E-state index in [4.69, 9.17) is 4.74 Å². The number of ether oxygens (including phenoxy) is 1. The number of rotatable bonds is 2. The van der Waals surface area contributed by atoms with E-state index in [2.05, 4.69) is 0 Å². The highest BCUT2D eigenvalue weighted by atomic mass is 16.6. The molecule has 2 aromatic rings. The van der Waals surface area contributed by atoms with Crippen LogP contribution < -0.4 is 0 Å². The van der Waals surface area contributed by atoms with E-state index < -0.39 is 22.5 Å². The molecule has 0 amide bonds.